The molecule has 0 aliphatic carbocycles. The van der Waals surface area contributed by atoms with E-state index in [-0.39, 0.29) is 11.3 Å². The van der Waals surface area contributed by atoms with Crippen LogP contribution in [0.1, 0.15) is 49.0 Å². The number of carbonyl (C=O) groups is 1. The van der Waals surface area contributed by atoms with Gasteiger partial charge in [-0.15, -0.1) is 0 Å². The monoisotopic (exact) mass is 369 g/mol. The SMILES string of the molecule is CCN(CC)C(=O)c1ccc(CNc2c(N3CCCCC3)c(=O)c2=O)cc1. The van der Waals surface area contributed by atoms with Gasteiger partial charge in [-0.2, -0.15) is 0 Å². The Bertz CT molecular complexity index is 856. The van der Waals surface area contributed by atoms with Crippen LogP contribution in [0.5, 0.6) is 0 Å². The van der Waals surface area contributed by atoms with E-state index in [0.717, 1.165) is 31.5 Å². The minimum Gasteiger partial charge on any atom is -0.376 e. The number of carbonyl (C=O) groups excluding carboxylic acids is 1. The molecule has 0 spiro atoms. The number of hydrogen-bond acceptors (Lipinski definition) is 5. The largest absolute Gasteiger partial charge is 0.376 e. The maximum absolute atomic E-state index is 12.4. The fourth-order valence-electron chi connectivity index (χ4n) is 3.61. The number of nitrogens with zero attached hydrogens (tertiary/aromatic N) is 2. The molecule has 1 heterocycles. The van der Waals surface area contributed by atoms with Gasteiger partial charge in [0.05, 0.1) is 0 Å². The smallest absolute Gasteiger partial charge is 0.253 e. The Morgan fingerprint density at radius 3 is 2.22 bits per heavy atom. The molecule has 2 aromatic rings. The highest BCUT2D eigenvalue weighted by atomic mass is 16.2. The average molecular weight is 369 g/mol. The lowest BCUT2D eigenvalue weighted by molar-refractivity contribution is 0.0773. The molecular formula is C21H27N3O3. The molecule has 0 aromatic heterocycles. The van der Waals surface area contributed by atoms with Crippen LogP contribution in [-0.2, 0) is 6.54 Å². The summed E-state index contributed by atoms with van der Waals surface area (Å²) in [5.41, 5.74) is 1.80. The van der Waals surface area contributed by atoms with Crippen LogP contribution in [0, 0.1) is 0 Å². The summed E-state index contributed by atoms with van der Waals surface area (Å²) in [5.74, 6) is 0.0226. The molecule has 0 atom stereocenters. The van der Waals surface area contributed by atoms with E-state index in [9.17, 15) is 14.4 Å². The van der Waals surface area contributed by atoms with Gasteiger partial charge in [0.15, 0.2) is 0 Å². The van der Waals surface area contributed by atoms with Crippen molar-refractivity contribution in [3.63, 3.8) is 0 Å². The molecule has 1 saturated heterocycles. The van der Waals surface area contributed by atoms with Crippen molar-refractivity contribution in [2.24, 2.45) is 0 Å². The van der Waals surface area contributed by atoms with Crippen LogP contribution in [0.25, 0.3) is 0 Å². The highest BCUT2D eigenvalue weighted by Crippen LogP contribution is 2.24. The van der Waals surface area contributed by atoms with Crippen LogP contribution < -0.4 is 21.1 Å². The Morgan fingerprint density at radius 1 is 1.00 bits per heavy atom. The number of nitrogens with one attached hydrogen (secondary N) is 1. The van der Waals surface area contributed by atoms with Gasteiger partial charge < -0.3 is 15.1 Å². The van der Waals surface area contributed by atoms with E-state index in [1.807, 2.05) is 43.0 Å². The first-order valence-corrected chi connectivity index (χ1v) is 9.77. The summed E-state index contributed by atoms with van der Waals surface area (Å²) in [6.07, 6.45) is 3.29. The molecule has 0 radical (unpaired) electrons. The predicted molar refractivity (Wildman–Crippen MR) is 108 cm³/mol. The number of rotatable bonds is 7. The van der Waals surface area contributed by atoms with E-state index in [2.05, 4.69) is 5.32 Å². The second-order valence-corrected chi connectivity index (χ2v) is 6.96. The lowest BCUT2D eigenvalue weighted by atomic mass is 10.1. The summed E-state index contributed by atoms with van der Waals surface area (Å²) in [6.45, 7) is 7.41. The summed E-state index contributed by atoms with van der Waals surface area (Å²) in [6, 6.07) is 7.39. The van der Waals surface area contributed by atoms with Crippen molar-refractivity contribution in [3.8, 4) is 0 Å². The minimum absolute atomic E-state index is 0.0226. The van der Waals surface area contributed by atoms with Gasteiger partial charge in [0, 0.05) is 38.3 Å². The van der Waals surface area contributed by atoms with Gasteiger partial charge in [0.1, 0.15) is 11.4 Å². The zero-order valence-electron chi connectivity index (χ0n) is 16.1. The second kappa shape index (κ2) is 8.37. The molecule has 1 aliphatic rings. The van der Waals surface area contributed by atoms with Gasteiger partial charge in [-0.25, -0.2) is 0 Å². The van der Waals surface area contributed by atoms with Gasteiger partial charge >= 0.3 is 0 Å². The van der Waals surface area contributed by atoms with Crippen molar-refractivity contribution in [3.05, 3.63) is 55.8 Å². The van der Waals surface area contributed by atoms with E-state index in [1.165, 1.54) is 6.42 Å². The van der Waals surface area contributed by atoms with E-state index in [1.54, 1.807) is 4.90 Å². The standard InChI is InChI=1S/C21H27N3O3/c1-3-23(4-2)21(27)16-10-8-15(9-11-16)14-22-17-18(20(26)19(17)25)24-12-6-5-7-13-24/h8-11,22H,3-7,12-14H2,1-2H3. The van der Waals surface area contributed by atoms with Gasteiger partial charge in [-0.1, -0.05) is 12.1 Å². The van der Waals surface area contributed by atoms with Crippen LogP contribution in [-0.4, -0.2) is 37.0 Å². The van der Waals surface area contributed by atoms with Crippen LogP contribution in [0.2, 0.25) is 0 Å². The molecule has 1 amide bonds. The lowest BCUT2D eigenvalue weighted by Gasteiger charge is -2.30. The molecule has 27 heavy (non-hydrogen) atoms. The highest BCUT2D eigenvalue weighted by Gasteiger charge is 2.26. The van der Waals surface area contributed by atoms with Gasteiger partial charge in [-0.3, -0.25) is 14.4 Å². The van der Waals surface area contributed by atoms with Crippen molar-refractivity contribution in [2.75, 3.05) is 36.4 Å². The van der Waals surface area contributed by atoms with Gasteiger partial charge in [0.2, 0.25) is 0 Å². The minimum atomic E-state index is -0.427. The number of amides is 1. The van der Waals surface area contributed by atoms with Crippen molar-refractivity contribution in [2.45, 2.75) is 39.7 Å². The first-order chi connectivity index (χ1) is 13.1. The van der Waals surface area contributed by atoms with E-state index in [4.69, 9.17) is 0 Å². The second-order valence-electron chi connectivity index (χ2n) is 6.96. The third kappa shape index (κ3) is 3.89. The Hall–Kier alpha value is -2.63. The average Bonchev–Trinajstić information content (AvgIpc) is 2.72. The Kier molecular flexibility index (Phi) is 5.94. The molecule has 0 unspecified atom stereocenters. The van der Waals surface area contributed by atoms with Crippen LogP contribution in [0.4, 0.5) is 11.4 Å². The topological polar surface area (TPSA) is 69.7 Å². The molecule has 1 aliphatic heterocycles. The fraction of sp³-hybridized carbons (Fsp3) is 0.476. The summed E-state index contributed by atoms with van der Waals surface area (Å²) < 4.78 is 0. The number of benzene rings is 1. The van der Waals surface area contributed by atoms with Crippen molar-refractivity contribution < 1.29 is 4.79 Å². The van der Waals surface area contributed by atoms with E-state index >= 15 is 0 Å². The Balaban J connectivity index is 1.66. The summed E-state index contributed by atoms with van der Waals surface area (Å²) in [4.78, 5) is 40.1. The first kappa shape index (κ1) is 19.1. The fourth-order valence-corrected chi connectivity index (χ4v) is 3.61. The van der Waals surface area contributed by atoms with Crippen molar-refractivity contribution >= 4 is 17.3 Å². The van der Waals surface area contributed by atoms with Crippen LogP contribution in [0.15, 0.2) is 33.9 Å². The third-order valence-corrected chi connectivity index (χ3v) is 5.28. The normalized spacial score (nSPS) is 14.4. The molecule has 2 aromatic carbocycles. The summed E-state index contributed by atoms with van der Waals surface area (Å²) in [5, 5.41) is 3.13. The molecule has 1 fully saturated rings. The highest BCUT2D eigenvalue weighted by molar-refractivity contribution is 5.94. The number of hydrogen-bond donors (Lipinski definition) is 1. The maximum atomic E-state index is 12.4. The van der Waals surface area contributed by atoms with E-state index < -0.39 is 5.43 Å². The van der Waals surface area contributed by atoms with E-state index in [0.29, 0.717) is 36.6 Å². The molecule has 0 bridgehead atoms. The molecule has 144 valence electrons. The Morgan fingerprint density at radius 2 is 1.63 bits per heavy atom. The molecule has 6 nitrogen and oxygen atoms in total. The quantitative estimate of drug-likeness (QED) is 0.759. The molecule has 1 N–H and O–H groups in total. The summed E-state index contributed by atoms with van der Waals surface area (Å²) in [7, 11) is 0. The zero-order chi connectivity index (χ0) is 19.4. The Labute approximate surface area is 159 Å². The van der Waals surface area contributed by atoms with Crippen molar-refractivity contribution in [1.82, 2.24) is 4.90 Å². The van der Waals surface area contributed by atoms with Gasteiger partial charge in [0.25, 0.3) is 16.8 Å². The van der Waals surface area contributed by atoms with Gasteiger partial charge in [-0.05, 0) is 50.8 Å². The first-order valence-electron chi connectivity index (χ1n) is 9.77. The maximum Gasteiger partial charge on any atom is 0.253 e. The molecule has 0 saturated carbocycles. The predicted octanol–water partition coefficient (Wildman–Crippen LogP) is 2.37. The number of piperidine rings is 1. The summed E-state index contributed by atoms with van der Waals surface area (Å²) >= 11 is 0. The van der Waals surface area contributed by atoms with Crippen LogP contribution >= 0.6 is 0 Å². The molecular weight excluding hydrogens is 342 g/mol. The molecule has 3 rings (SSSR count). The third-order valence-electron chi connectivity index (χ3n) is 5.28. The van der Waals surface area contributed by atoms with Crippen LogP contribution in [0.3, 0.4) is 0 Å². The zero-order valence-corrected chi connectivity index (χ0v) is 16.1. The van der Waals surface area contributed by atoms with Crippen molar-refractivity contribution in [1.29, 1.82) is 0 Å². The number of anilines is 2. The lowest BCUT2D eigenvalue weighted by Crippen LogP contribution is -2.44. The molecule has 6 heteroatoms.